The van der Waals surface area contributed by atoms with Crippen LogP contribution in [0.2, 0.25) is 0 Å². The number of carbonyl (C=O) groups is 6. The standard InChI is InChI=1S/C21H34N4O10/c26-16(11-23-18(29)13-5-2-1-3-6-13)22-9-10-35-12-15(20(32)33)25-21(34)24-14(19(30)31)7-4-8-17(27)28/h13-15H,1-12H2,(H,22,26)(H,23,29)(H,27,28)(H,30,31)(H,32,33)(H2,24,25,34)/t14-,15-/m0/s1. The number of hydrogen-bond acceptors (Lipinski definition) is 7. The predicted octanol–water partition coefficient (Wildman–Crippen LogP) is -0.724. The van der Waals surface area contributed by atoms with Crippen LogP contribution in [0.1, 0.15) is 51.4 Å². The molecule has 1 saturated carbocycles. The summed E-state index contributed by atoms with van der Waals surface area (Å²) < 4.78 is 5.17. The molecule has 0 unspecified atom stereocenters. The molecular formula is C21H34N4O10. The Morgan fingerprint density at radius 1 is 0.857 bits per heavy atom. The summed E-state index contributed by atoms with van der Waals surface area (Å²) in [5.74, 6) is -4.55. The summed E-state index contributed by atoms with van der Waals surface area (Å²) in [6.07, 6.45) is 4.34. The largest absolute Gasteiger partial charge is 0.481 e. The fourth-order valence-electron chi connectivity index (χ4n) is 3.45. The summed E-state index contributed by atoms with van der Waals surface area (Å²) in [6.45, 7) is -0.649. The highest BCUT2D eigenvalue weighted by molar-refractivity contribution is 5.86. The van der Waals surface area contributed by atoms with Gasteiger partial charge in [-0.2, -0.15) is 0 Å². The zero-order chi connectivity index (χ0) is 26.2. The Labute approximate surface area is 202 Å². The number of aliphatic carboxylic acids is 3. The zero-order valence-corrected chi connectivity index (χ0v) is 19.4. The first-order chi connectivity index (χ1) is 16.6. The molecule has 14 heteroatoms. The Kier molecular flexibility index (Phi) is 13.7. The van der Waals surface area contributed by atoms with Crippen molar-refractivity contribution in [1.82, 2.24) is 21.3 Å². The first-order valence-electron chi connectivity index (χ1n) is 11.5. The maximum atomic E-state index is 12.0. The van der Waals surface area contributed by atoms with E-state index < -0.39 is 48.5 Å². The third-order valence-corrected chi connectivity index (χ3v) is 5.34. The predicted molar refractivity (Wildman–Crippen MR) is 119 cm³/mol. The van der Waals surface area contributed by atoms with Gasteiger partial charge in [0.15, 0.2) is 6.04 Å². The lowest BCUT2D eigenvalue weighted by Gasteiger charge is -2.20. The molecule has 1 aliphatic carbocycles. The molecule has 0 spiro atoms. The highest BCUT2D eigenvalue weighted by Crippen LogP contribution is 2.23. The van der Waals surface area contributed by atoms with Crippen LogP contribution in [0.3, 0.4) is 0 Å². The number of carboxylic acids is 3. The summed E-state index contributed by atoms with van der Waals surface area (Å²) in [4.78, 5) is 68.9. The second kappa shape index (κ2) is 16.2. The smallest absolute Gasteiger partial charge is 0.328 e. The number of hydrogen-bond donors (Lipinski definition) is 7. The van der Waals surface area contributed by atoms with Crippen LogP contribution < -0.4 is 21.3 Å². The number of urea groups is 1. The SMILES string of the molecule is O=C(O)CCC[C@H](NC(=O)N[C@@H](COCCNC(=O)CNC(=O)C1CCCCC1)C(=O)O)C(=O)O. The van der Waals surface area contributed by atoms with Crippen LogP contribution >= 0.6 is 0 Å². The van der Waals surface area contributed by atoms with E-state index in [1.165, 1.54) is 0 Å². The second-order valence-electron chi connectivity index (χ2n) is 8.16. The summed E-state index contributed by atoms with van der Waals surface area (Å²) >= 11 is 0. The van der Waals surface area contributed by atoms with Crippen molar-refractivity contribution in [3.63, 3.8) is 0 Å². The van der Waals surface area contributed by atoms with Gasteiger partial charge in [0, 0.05) is 18.9 Å². The normalized spacial score (nSPS) is 15.3. The van der Waals surface area contributed by atoms with E-state index in [0.29, 0.717) is 0 Å². The van der Waals surface area contributed by atoms with Crippen LogP contribution in [-0.2, 0) is 28.7 Å². The molecule has 14 nitrogen and oxygen atoms in total. The average Bonchev–Trinajstić information content (AvgIpc) is 2.81. The molecular weight excluding hydrogens is 468 g/mol. The Hall–Kier alpha value is -3.42. The topological polar surface area (TPSA) is 220 Å². The highest BCUT2D eigenvalue weighted by Gasteiger charge is 2.25. The van der Waals surface area contributed by atoms with Gasteiger partial charge in [0.25, 0.3) is 0 Å². The van der Waals surface area contributed by atoms with E-state index >= 15 is 0 Å². The first-order valence-corrected chi connectivity index (χ1v) is 11.5. The lowest BCUT2D eigenvalue weighted by molar-refractivity contribution is -0.141. The number of rotatable bonds is 16. The summed E-state index contributed by atoms with van der Waals surface area (Å²) in [5, 5.41) is 36.2. The molecule has 0 bridgehead atoms. The molecule has 0 aromatic carbocycles. The van der Waals surface area contributed by atoms with Crippen LogP contribution in [0.5, 0.6) is 0 Å². The summed E-state index contributed by atoms with van der Waals surface area (Å²) in [7, 11) is 0. The summed E-state index contributed by atoms with van der Waals surface area (Å²) in [6, 6.07) is -3.95. The van der Waals surface area contributed by atoms with Crippen molar-refractivity contribution < 1.29 is 48.8 Å². The number of amides is 4. The fraction of sp³-hybridized carbons (Fsp3) is 0.714. The second-order valence-corrected chi connectivity index (χ2v) is 8.16. The highest BCUT2D eigenvalue weighted by atomic mass is 16.5. The van der Waals surface area contributed by atoms with E-state index in [-0.39, 0.29) is 50.8 Å². The number of ether oxygens (including phenoxy) is 1. The first kappa shape index (κ1) is 29.6. The molecule has 0 saturated heterocycles. The van der Waals surface area contributed by atoms with Crippen LogP contribution in [0.25, 0.3) is 0 Å². The molecule has 7 N–H and O–H groups in total. The van der Waals surface area contributed by atoms with Crippen molar-refractivity contribution in [2.24, 2.45) is 5.92 Å². The number of carbonyl (C=O) groups excluding carboxylic acids is 3. The third kappa shape index (κ3) is 13.2. The van der Waals surface area contributed by atoms with Crippen molar-refractivity contribution in [2.45, 2.75) is 63.5 Å². The molecule has 35 heavy (non-hydrogen) atoms. The quantitative estimate of drug-likeness (QED) is 0.131. The van der Waals surface area contributed by atoms with Crippen molar-refractivity contribution in [2.75, 3.05) is 26.3 Å². The minimum Gasteiger partial charge on any atom is -0.481 e. The molecule has 0 aromatic rings. The Balaban J connectivity index is 2.28. The van der Waals surface area contributed by atoms with Crippen LogP contribution in [0.4, 0.5) is 4.79 Å². The molecule has 1 rings (SSSR count). The Morgan fingerprint density at radius 3 is 2.09 bits per heavy atom. The van der Waals surface area contributed by atoms with Crippen LogP contribution in [0.15, 0.2) is 0 Å². The Morgan fingerprint density at radius 2 is 1.49 bits per heavy atom. The number of carboxylic acid groups (broad SMARTS) is 3. The maximum Gasteiger partial charge on any atom is 0.328 e. The maximum absolute atomic E-state index is 12.0. The van der Waals surface area contributed by atoms with E-state index in [1.54, 1.807) is 0 Å². The van der Waals surface area contributed by atoms with Crippen molar-refractivity contribution >= 4 is 35.8 Å². The minimum absolute atomic E-state index is 0.00797. The van der Waals surface area contributed by atoms with E-state index in [4.69, 9.17) is 14.9 Å². The molecule has 1 aliphatic rings. The lowest BCUT2D eigenvalue weighted by atomic mass is 9.89. The van der Waals surface area contributed by atoms with Gasteiger partial charge in [-0.1, -0.05) is 19.3 Å². The van der Waals surface area contributed by atoms with Crippen molar-refractivity contribution in [1.29, 1.82) is 0 Å². The van der Waals surface area contributed by atoms with E-state index in [9.17, 15) is 33.9 Å². The monoisotopic (exact) mass is 502 g/mol. The van der Waals surface area contributed by atoms with Crippen LogP contribution in [-0.4, -0.2) is 89.5 Å². The van der Waals surface area contributed by atoms with Gasteiger partial charge in [0.1, 0.15) is 6.04 Å². The van der Waals surface area contributed by atoms with Gasteiger partial charge in [-0.05, 0) is 25.7 Å². The van der Waals surface area contributed by atoms with Gasteiger partial charge >= 0.3 is 23.9 Å². The van der Waals surface area contributed by atoms with Gasteiger partial charge in [0.2, 0.25) is 11.8 Å². The molecule has 198 valence electrons. The lowest BCUT2D eigenvalue weighted by Crippen LogP contribution is -2.52. The van der Waals surface area contributed by atoms with E-state index in [2.05, 4.69) is 21.3 Å². The average molecular weight is 503 g/mol. The van der Waals surface area contributed by atoms with Crippen LogP contribution in [0, 0.1) is 5.92 Å². The Bertz CT molecular complexity index is 754. The molecule has 2 atom stereocenters. The fourth-order valence-corrected chi connectivity index (χ4v) is 3.45. The molecule has 0 radical (unpaired) electrons. The van der Waals surface area contributed by atoms with Gasteiger partial charge in [-0.3, -0.25) is 14.4 Å². The van der Waals surface area contributed by atoms with Crippen molar-refractivity contribution in [3.05, 3.63) is 0 Å². The molecule has 0 heterocycles. The zero-order valence-electron chi connectivity index (χ0n) is 19.4. The third-order valence-electron chi connectivity index (χ3n) is 5.34. The molecule has 0 aliphatic heterocycles. The summed E-state index contributed by atoms with van der Waals surface area (Å²) in [5.41, 5.74) is 0. The van der Waals surface area contributed by atoms with Gasteiger partial charge in [0.05, 0.1) is 19.8 Å². The van der Waals surface area contributed by atoms with Gasteiger partial charge in [-0.25, -0.2) is 14.4 Å². The molecule has 1 fully saturated rings. The van der Waals surface area contributed by atoms with E-state index in [0.717, 1.165) is 32.1 Å². The molecule has 0 aromatic heterocycles. The van der Waals surface area contributed by atoms with E-state index in [1.807, 2.05) is 0 Å². The molecule has 4 amide bonds. The van der Waals surface area contributed by atoms with Gasteiger partial charge in [-0.15, -0.1) is 0 Å². The number of nitrogens with one attached hydrogen (secondary N) is 4. The van der Waals surface area contributed by atoms with Gasteiger partial charge < -0.3 is 41.3 Å². The van der Waals surface area contributed by atoms with Crippen molar-refractivity contribution in [3.8, 4) is 0 Å². The minimum atomic E-state index is -1.49.